The molecule has 0 spiro atoms. The molecule has 0 aliphatic rings. The molecule has 0 unspecified atom stereocenters. The lowest BCUT2D eigenvalue weighted by Gasteiger charge is -2.16. The van der Waals surface area contributed by atoms with Crippen molar-refractivity contribution < 1.29 is 23.3 Å². The van der Waals surface area contributed by atoms with Gasteiger partial charge in [-0.15, -0.1) is 0 Å². The molecule has 55 heavy (non-hydrogen) atoms. The Bertz CT molecular complexity index is 3880. The zero-order valence-electron chi connectivity index (χ0n) is 45.6. The number of aromatic nitrogens is 4. The molecule has 0 N–H and O–H groups in total. The molecule has 0 bridgehead atoms. The first kappa shape index (κ1) is 19.1. The van der Waals surface area contributed by atoms with Crippen molar-refractivity contribution in [3.8, 4) is 73.2 Å². The van der Waals surface area contributed by atoms with Crippen LogP contribution in [0.2, 0.25) is 0 Å². The van der Waals surface area contributed by atoms with Crippen LogP contribution < -0.4 is 0 Å². The van der Waals surface area contributed by atoms with Crippen molar-refractivity contribution in [2.75, 3.05) is 0 Å². The molecular formula is C51H34N4. The third-order valence-electron chi connectivity index (χ3n) is 9.09. The van der Waals surface area contributed by atoms with Gasteiger partial charge in [0.25, 0.3) is 0 Å². The maximum absolute atomic E-state index is 9.64. The maximum Gasteiger partial charge on any atom is 0.164 e. The van der Waals surface area contributed by atoms with E-state index in [1.54, 1.807) is 0 Å². The van der Waals surface area contributed by atoms with Gasteiger partial charge >= 0.3 is 0 Å². The van der Waals surface area contributed by atoms with Crippen LogP contribution in [0.3, 0.4) is 0 Å². The fourth-order valence-electron chi connectivity index (χ4n) is 6.50. The van der Waals surface area contributed by atoms with Crippen molar-refractivity contribution in [2.45, 2.75) is 0 Å². The summed E-state index contributed by atoms with van der Waals surface area (Å²) >= 11 is 0. The van der Waals surface area contributed by atoms with Gasteiger partial charge in [0.15, 0.2) is 17.5 Å². The summed E-state index contributed by atoms with van der Waals surface area (Å²) < 4.78 is 152. The lowest BCUT2D eigenvalue weighted by atomic mass is 9.99. The molecule has 0 aliphatic heterocycles. The normalized spacial score (nSPS) is 15.6. The summed E-state index contributed by atoms with van der Waals surface area (Å²) in [7, 11) is 0. The van der Waals surface area contributed by atoms with E-state index in [9.17, 15) is 9.60 Å². The van der Waals surface area contributed by atoms with E-state index in [0.717, 1.165) is 11.1 Å². The summed E-state index contributed by atoms with van der Waals surface area (Å²) in [6.07, 6.45) is 0. The summed E-state index contributed by atoms with van der Waals surface area (Å²) in [4.78, 5) is 14.6. The molecule has 0 saturated carbocycles. The van der Waals surface area contributed by atoms with Crippen LogP contribution in [0.15, 0.2) is 206 Å². The van der Waals surface area contributed by atoms with Crippen molar-refractivity contribution in [3.63, 3.8) is 0 Å². The Labute approximate surface area is 343 Å². The Morgan fingerprint density at radius 1 is 0.364 bits per heavy atom. The molecule has 0 amide bonds. The molecule has 0 radical (unpaired) electrons. The van der Waals surface area contributed by atoms with E-state index >= 15 is 0 Å². The molecule has 10 aromatic rings. The molecule has 258 valence electrons. The van der Waals surface area contributed by atoms with E-state index in [4.69, 9.17) is 28.7 Å². The summed E-state index contributed by atoms with van der Waals surface area (Å²) in [6.45, 7) is 0. The zero-order chi connectivity index (χ0) is 51.3. The summed E-state index contributed by atoms with van der Waals surface area (Å²) in [5, 5.41) is -0.670. The third kappa shape index (κ3) is 6.06. The van der Waals surface area contributed by atoms with Gasteiger partial charge in [-0.3, -0.25) is 0 Å². The van der Waals surface area contributed by atoms with E-state index in [-0.39, 0.29) is 61.7 Å². The molecule has 0 atom stereocenters. The summed E-state index contributed by atoms with van der Waals surface area (Å²) in [6, 6.07) is 18.7. The number of rotatable bonds is 7. The number of fused-ring (bicyclic) bond motifs is 3. The molecular weight excluding hydrogens is 669 g/mol. The van der Waals surface area contributed by atoms with Crippen LogP contribution in [0.4, 0.5) is 0 Å². The SMILES string of the molecule is [2H]c1c([2H])c([2H])c(-c2cc(-c3nc(-c4ccccc4)nc(-c4ccc(-c5ccccc5)cc4)n3)ccc2-n2c3c([2H])c([2H])c([2H])c([2H])c3c3c([2H])c(-c4c([2H])c([2H])c([2H])c([2H])c4[2H])c([2H])c([2H])c32)c([2H])c1[2H]. The van der Waals surface area contributed by atoms with Crippen LogP contribution in [0.5, 0.6) is 0 Å². The maximum atomic E-state index is 9.64. The highest BCUT2D eigenvalue weighted by Crippen LogP contribution is 2.39. The van der Waals surface area contributed by atoms with Gasteiger partial charge in [-0.25, -0.2) is 15.0 Å². The van der Waals surface area contributed by atoms with E-state index < -0.39 is 114 Å². The molecule has 10 rings (SSSR count). The second-order valence-electron chi connectivity index (χ2n) is 12.4. The van der Waals surface area contributed by atoms with Crippen molar-refractivity contribution in [3.05, 3.63) is 206 Å². The molecule has 0 fully saturated rings. The summed E-state index contributed by atoms with van der Waals surface area (Å²) in [5.74, 6) is 0.626. The molecule has 8 aromatic carbocycles. The minimum absolute atomic E-state index is 0.0848. The van der Waals surface area contributed by atoms with E-state index in [0.29, 0.717) is 11.1 Å². The Hall–Kier alpha value is -7.43. The topological polar surface area (TPSA) is 43.6 Å². The van der Waals surface area contributed by atoms with Crippen molar-refractivity contribution in [1.82, 2.24) is 19.5 Å². The van der Waals surface area contributed by atoms with Crippen LogP contribution in [0, 0.1) is 0 Å². The number of hydrogen-bond donors (Lipinski definition) is 0. The molecule has 4 heteroatoms. The highest BCUT2D eigenvalue weighted by Gasteiger charge is 2.19. The Morgan fingerprint density at radius 3 is 1.56 bits per heavy atom. The Balaban J connectivity index is 1.32. The molecule has 2 aromatic heterocycles. The average molecular weight is 720 g/mol. The Kier molecular flexibility index (Phi) is 4.80. The third-order valence-corrected chi connectivity index (χ3v) is 9.09. The smallest absolute Gasteiger partial charge is 0.164 e. The van der Waals surface area contributed by atoms with Crippen LogP contribution in [0.25, 0.3) is 95.0 Å². The molecule has 2 heterocycles. The van der Waals surface area contributed by atoms with Crippen molar-refractivity contribution in [2.24, 2.45) is 0 Å². The highest BCUT2D eigenvalue weighted by molar-refractivity contribution is 6.11. The number of benzene rings is 8. The van der Waals surface area contributed by atoms with Crippen LogP contribution >= 0.6 is 0 Å². The van der Waals surface area contributed by atoms with Gasteiger partial charge in [0.05, 0.1) is 40.0 Å². The van der Waals surface area contributed by atoms with Gasteiger partial charge < -0.3 is 4.57 Å². The lowest BCUT2D eigenvalue weighted by molar-refractivity contribution is 1.07. The molecule has 4 nitrogen and oxygen atoms in total. The first-order chi connectivity index (χ1) is 34.3. The van der Waals surface area contributed by atoms with E-state index in [1.165, 1.54) is 22.8 Å². The van der Waals surface area contributed by atoms with Gasteiger partial charge in [0.2, 0.25) is 0 Å². The predicted octanol–water partition coefficient (Wildman–Crippen LogP) is 13.0. The van der Waals surface area contributed by atoms with Gasteiger partial charge in [-0.1, -0.05) is 170 Å². The minimum Gasteiger partial charge on any atom is -0.309 e. The fourth-order valence-corrected chi connectivity index (χ4v) is 6.50. The van der Waals surface area contributed by atoms with Crippen molar-refractivity contribution in [1.29, 1.82) is 0 Å². The number of hydrogen-bond acceptors (Lipinski definition) is 3. The largest absolute Gasteiger partial charge is 0.309 e. The van der Waals surface area contributed by atoms with Gasteiger partial charge in [-0.05, 0) is 64.1 Å². The summed E-state index contributed by atoms with van der Waals surface area (Å²) in [5.41, 5.74) is 1.02. The highest BCUT2D eigenvalue weighted by atomic mass is 15.0. The van der Waals surface area contributed by atoms with Crippen LogP contribution in [-0.2, 0) is 0 Å². The predicted molar refractivity (Wildman–Crippen MR) is 227 cm³/mol. The second kappa shape index (κ2) is 13.8. The standard InChI is InChI=1S/C51H34N4/c1-5-15-35(16-6-1)37-25-27-40(28-26-37)50-52-49(39-21-11-4-12-22-39)53-51(54-50)42-30-32-47(44(34-42)38-19-9-3-10-20-38)55-46-24-14-13-23-43(46)45-33-41(29-31-48(45)55)36-17-7-2-8-18-36/h1-34H/i2D,3D,7D,8D,9D,10D,13D,14D,17D,18D,19D,20D,23D,24D,29D,31D,33D. The van der Waals surface area contributed by atoms with E-state index in [1.807, 2.05) is 84.9 Å². The fraction of sp³-hybridized carbons (Fsp3) is 0. The van der Waals surface area contributed by atoms with Crippen molar-refractivity contribution >= 4 is 21.8 Å². The molecule has 0 saturated heterocycles. The monoisotopic (exact) mass is 719 g/mol. The number of para-hydroxylation sites is 1. The first-order valence-electron chi connectivity index (χ1n) is 25.6. The molecule has 0 aliphatic carbocycles. The lowest BCUT2D eigenvalue weighted by Crippen LogP contribution is -2.02. The quantitative estimate of drug-likeness (QED) is 0.165. The second-order valence-corrected chi connectivity index (χ2v) is 12.4. The van der Waals surface area contributed by atoms with Crippen LogP contribution in [-0.4, -0.2) is 19.5 Å². The minimum atomic E-state index is -0.783. The van der Waals surface area contributed by atoms with Crippen LogP contribution in [0.1, 0.15) is 23.3 Å². The Morgan fingerprint density at radius 2 is 0.873 bits per heavy atom. The van der Waals surface area contributed by atoms with E-state index in [2.05, 4.69) is 0 Å². The average Bonchev–Trinajstić information content (AvgIpc) is 3.77. The first-order valence-corrected chi connectivity index (χ1v) is 17.1. The van der Waals surface area contributed by atoms with Gasteiger partial charge in [-0.2, -0.15) is 0 Å². The number of nitrogens with zero attached hydrogens (tertiary/aromatic N) is 4. The zero-order valence-corrected chi connectivity index (χ0v) is 28.6. The van der Waals surface area contributed by atoms with Gasteiger partial charge in [0.1, 0.15) is 0 Å². The van der Waals surface area contributed by atoms with Gasteiger partial charge in [0, 0.05) is 33.0 Å².